The van der Waals surface area contributed by atoms with Crippen LogP contribution in [-0.4, -0.2) is 61.8 Å². The highest BCUT2D eigenvalue weighted by molar-refractivity contribution is 5.04. The van der Waals surface area contributed by atoms with Gasteiger partial charge >= 0.3 is 0 Å². The van der Waals surface area contributed by atoms with E-state index in [0.717, 1.165) is 19.2 Å². The minimum absolute atomic E-state index is 0.576. The van der Waals surface area contributed by atoms with Gasteiger partial charge in [-0.3, -0.25) is 4.90 Å². The minimum Gasteiger partial charge on any atom is -0.383 e. The maximum absolute atomic E-state index is 5.15. The summed E-state index contributed by atoms with van der Waals surface area (Å²) in [6.45, 7) is 6.82. The second-order valence-electron chi connectivity index (χ2n) is 5.82. The van der Waals surface area contributed by atoms with Crippen LogP contribution in [0.2, 0.25) is 0 Å². The monoisotopic (exact) mass is 240 g/mol. The van der Waals surface area contributed by atoms with Crippen molar-refractivity contribution in [2.75, 3.05) is 40.4 Å². The summed E-state index contributed by atoms with van der Waals surface area (Å²) in [6.07, 6.45) is 7.00. The lowest BCUT2D eigenvalue weighted by atomic mass is 9.91. The predicted molar refractivity (Wildman–Crippen MR) is 71.4 cm³/mol. The van der Waals surface area contributed by atoms with Gasteiger partial charge in [0.05, 0.1) is 6.61 Å². The number of rotatable bonds is 6. The van der Waals surface area contributed by atoms with Gasteiger partial charge in [0.25, 0.3) is 0 Å². The molecule has 0 N–H and O–H groups in total. The van der Waals surface area contributed by atoms with E-state index in [1.807, 2.05) is 0 Å². The Morgan fingerprint density at radius 1 is 1.41 bits per heavy atom. The third-order valence-corrected chi connectivity index (χ3v) is 4.89. The van der Waals surface area contributed by atoms with Crippen molar-refractivity contribution in [1.29, 1.82) is 0 Å². The molecule has 2 saturated heterocycles. The van der Waals surface area contributed by atoms with Gasteiger partial charge < -0.3 is 9.64 Å². The van der Waals surface area contributed by atoms with Crippen LogP contribution in [0.25, 0.3) is 0 Å². The average molecular weight is 240 g/mol. The fourth-order valence-electron chi connectivity index (χ4n) is 3.83. The van der Waals surface area contributed by atoms with Crippen LogP contribution in [0.5, 0.6) is 0 Å². The summed E-state index contributed by atoms with van der Waals surface area (Å²) in [5.41, 5.74) is 0.576. The van der Waals surface area contributed by atoms with Crippen LogP contribution in [0, 0.1) is 0 Å². The highest BCUT2D eigenvalue weighted by atomic mass is 16.5. The zero-order valence-electron chi connectivity index (χ0n) is 11.7. The Bertz CT molecular complexity index is 246. The number of methoxy groups -OCH3 is 1. The van der Waals surface area contributed by atoms with Crippen LogP contribution in [0.3, 0.4) is 0 Å². The van der Waals surface area contributed by atoms with Gasteiger partial charge in [-0.2, -0.15) is 0 Å². The maximum atomic E-state index is 5.15. The standard InChI is InChI=1S/C14H28N2O/c1-4-14-7-5-9-16(14)13(6-8-14)12-15(2)10-11-17-3/h13H,4-12H2,1-3H3. The van der Waals surface area contributed by atoms with Gasteiger partial charge in [0, 0.05) is 31.8 Å². The lowest BCUT2D eigenvalue weighted by Crippen LogP contribution is -2.46. The van der Waals surface area contributed by atoms with Gasteiger partial charge in [0.2, 0.25) is 0 Å². The van der Waals surface area contributed by atoms with Gasteiger partial charge in [-0.25, -0.2) is 0 Å². The lowest BCUT2D eigenvalue weighted by Gasteiger charge is -2.35. The molecular formula is C14H28N2O. The third kappa shape index (κ3) is 2.67. The second-order valence-corrected chi connectivity index (χ2v) is 5.82. The molecule has 3 nitrogen and oxygen atoms in total. The Balaban J connectivity index is 1.86. The summed E-state index contributed by atoms with van der Waals surface area (Å²) in [5, 5.41) is 0. The highest BCUT2D eigenvalue weighted by Crippen LogP contribution is 2.44. The lowest BCUT2D eigenvalue weighted by molar-refractivity contribution is 0.107. The molecule has 0 amide bonds. The summed E-state index contributed by atoms with van der Waals surface area (Å²) in [6, 6.07) is 0.791. The molecule has 3 heteroatoms. The van der Waals surface area contributed by atoms with Crippen LogP contribution in [-0.2, 0) is 4.74 Å². The van der Waals surface area contributed by atoms with Crippen molar-refractivity contribution in [3.8, 4) is 0 Å². The van der Waals surface area contributed by atoms with Crippen molar-refractivity contribution in [3.05, 3.63) is 0 Å². The van der Waals surface area contributed by atoms with Crippen LogP contribution >= 0.6 is 0 Å². The molecule has 0 saturated carbocycles. The number of likely N-dealkylation sites (N-methyl/N-ethyl adjacent to an activating group) is 1. The van der Waals surface area contributed by atoms with Gasteiger partial charge in [0.15, 0.2) is 0 Å². The van der Waals surface area contributed by atoms with Gasteiger partial charge in [-0.1, -0.05) is 6.92 Å². The number of fused-ring (bicyclic) bond motifs is 1. The van der Waals surface area contributed by atoms with Gasteiger partial charge in [0.1, 0.15) is 0 Å². The first kappa shape index (κ1) is 13.3. The number of hydrogen-bond donors (Lipinski definition) is 0. The normalized spacial score (nSPS) is 33.5. The number of nitrogens with zero attached hydrogens (tertiary/aromatic N) is 2. The number of ether oxygens (including phenoxy) is 1. The molecule has 2 atom stereocenters. The Hall–Kier alpha value is -0.120. The molecule has 2 aliphatic heterocycles. The first-order valence-electron chi connectivity index (χ1n) is 7.16. The van der Waals surface area contributed by atoms with E-state index in [4.69, 9.17) is 4.74 Å². The zero-order valence-corrected chi connectivity index (χ0v) is 11.7. The van der Waals surface area contributed by atoms with E-state index < -0.39 is 0 Å². The molecular weight excluding hydrogens is 212 g/mol. The quantitative estimate of drug-likeness (QED) is 0.706. The van der Waals surface area contributed by atoms with E-state index in [0.29, 0.717) is 5.54 Å². The molecule has 0 bridgehead atoms. The molecule has 0 aromatic rings. The van der Waals surface area contributed by atoms with E-state index in [-0.39, 0.29) is 0 Å². The number of hydrogen-bond acceptors (Lipinski definition) is 3. The van der Waals surface area contributed by atoms with Crippen molar-refractivity contribution in [2.24, 2.45) is 0 Å². The zero-order chi connectivity index (χ0) is 12.3. The van der Waals surface area contributed by atoms with Crippen molar-refractivity contribution in [3.63, 3.8) is 0 Å². The van der Waals surface area contributed by atoms with E-state index in [2.05, 4.69) is 23.8 Å². The minimum atomic E-state index is 0.576. The van der Waals surface area contributed by atoms with E-state index in [1.54, 1.807) is 7.11 Å². The Morgan fingerprint density at radius 2 is 2.24 bits per heavy atom. The fraction of sp³-hybridized carbons (Fsp3) is 1.00. The first-order valence-corrected chi connectivity index (χ1v) is 7.16. The highest BCUT2D eigenvalue weighted by Gasteiger charge is 2.47. The summed E-state index contributed by atoms with van der Waals surface area (Å²) in [4.78, 5) is 5.24. The van der Waals surface area contributed by atoms with Crippen LogP contribution in [0.1, 0.15) is 39.0 Å². The van der Waals surface area contributed by atoms with Crippen LogP contribution in [0.15, 0.2) is 0 Å². The summed E-state index contributed by atoms with van der Waals surface area (Å²) in [5.74, 6) is 0. The first-order chi connectivity index (χ1) is 8.22. The molecule has 2 aliphatic rings. The molecule has 2 unspecified atom stereocenters. The molecule has 2 heterocycles. The van der Waals surface area contributed by atoms with E-state index >= 15 is 0 Å². The third-order valence-electron chi connectivity index (χ3n) is 4.89. The second kappa shape index (κ2) is 5.68. The van der Waals surface area contributed by atoms with Crippen molar-refractivity contribution >= 4 is 0 Å². The molecule has 2 fully saturated rings. The van der Waals surface area contributed by atoms with Crippen molar-refractivity contribution < 1.29 is 4.74 Å². The fourth-order valence-corrected chi connectivity index (χ4v) is 3.83. The van der Waals surface area contributed by atoms with Crippen molar-refractivity contribution in [1.82, 2.24) is 9.80 Å². The molecule has 17 heavy (non-hydrogen) atoms. The molecule has 100 valence electrons. The summed E-state index contributed by atoms with van der Waals surface area (Å²) < 4.78 is 5.15. The smallest absolute Gasteiger partial charge is 0.0589 e. The molecule has 0 aromatic heterocycles. The molecule has 0 radical (unpaired) electrons. The van der Waals surface area contributed by atoms with E-state index in [9.17, 15) is 0 Å². The Morgan fingerprint density at radius 3 is 2.94 bits per heavy atom. The van der Waals surface area contributed by atoms with E-state index in [1.165, 1.54) is 45.2 Å². The van der Waals surface area contributed by atoms with Crippen molar-refractivity contribution in [2.45, 2.75) is 50.6 Å². The summed E-state index contributed by atoms with van der Waals surface area (Å²) in [7, 11) is 4.01. The van der Waals surface area contributed by atoms with Crippen LogP contribution < -0.4 is 0 Å². The van der Waals surface area contributed by atoms with Crippen LogP contribution in [0.4, 0.5) is 0 Å². The van der Waals surface area contributed by atoms with Gasteiger partial charge in [-0.15, -0.1) is 0 Å². The molecule has 2 rings (SSSR count). The largest absolute Gasteiger partial charge is 0.383 e. The molecule has 0 spiro atoms. The maximum Gasteiger partial charge on any atom is 0.0589 e. The average Bonchev–Trinajstić information content (AvgIpc) is 2.88. The van der Waals surface area contributed by atoms with Gasteiger partial charge in [-0.05, 0) is 45.7 Å². The Labute approximate surface area is 106 Å². The topological polar surface area (TPSA) is 15.7 Å². The summed E-state index contributed by atoms with van der Waals surface area (Å²) >= 11 is 0. The predicted octanol–water partition coefficient (Wildman–Crippen LogP) is 1.97. The Kier molecular flexibility index (Phi) is 4.45. The molecule has 0 aromatic carbocycles. The SMILES string of the molecule is CCC12CCCN1C(CN(C)CCOC)CC2. The molecule has 0 aliphatic carbocycles.